The highest BCUT2D eigenvalue weighted by Gasteiger charge is 2.22. The van der Waals surface area contributed by atoms with Crippen LogP contribution in [0.4, 0.5) is 0 Å². The standard InChI is InChI=1S/C23H22ClN3O/c1-16-5-4-6-19(13-16)28-15-22-25-27-14-21(17-8-10-18(24)11-9-17)20-7-2-3-12-26(22)23(20)27/h4-6,8-11,13-14H,2-3,7,12,15H2,1H3. The highest BCUT2D eigenvalue weighted by atomic mass is 35.5. The number of ether oxygens (including phenoxy) is 1. The maximum absolute atomic E-state index is 6.07. The molecule has 1 aliphatic rings. The molecule has 1 aliphatic heterocycles. The van der Waals surface area contributed by atoms with Crippen LogP contribution in [0.1, 0.15) is 29.8 Å². The molecule has 0 unspecified atom stereocenters. The van der Waals surface area contributed by atoms with E-state index in [9.17, 15) is 0 Å². The third-order valence-corrected chi connectivity index (χ3v) is 5.68. The fraction of sp³-hybridized carbons (Fsp3) is 0.261. The average molecular weight is 392 g/mol. The third kappa shape index (κ3) is 3.08. The van der Waals surface area contributed by atoms with E-state index in [-0.39, 0.29) is 0 Å². The number of halogens is 1. The lowest BCUT2D eigenvalue weighted by molar-refractivity contribution is 0.288. The number of rotatable bonds is 4. The van der Waals surface area contributed by atoms with E-state index in [1.54, 1.807) is 0 Å². The van der Waals surface area contributed by atoms with Crippen molar-refractivity contribution in [2.24, 2.45) is 0 Å². The quantitative estimate of drug-likeness (QED) is 0.448. The smallest absolute Gasteiger partial charge is 0.169 e. The molecule has 4 aromatic rings. The van der Waals surface area contributed by atoms with Crippen LogP contribution in [0.2, 0.25) is 5.02 Å². The molecule has 0 spiro atoms. The van der Waals surface area contributed by atoms with Crippen molar-refractivity contribution in [3.05, 3.63) is 76.7 Å². The molecule has 3 heterocycles. The second kappa shape index (κ2) is 7.02. The minimum absolute atomic E-state index is 0.473. The second-order valence-electron chi connectivity index (χ2n) is 7.43. The van der Waals surface area contributed by atoms with Gasteiger partial charge in [0.25, 0.3) is 0 Å². The number of benzene rings is 2. The van der Waals surface area contributed by atoms with Gasteiger partial charge in [-0.25, -0.2) is 4.52 Å². The van der Waals surface area contributed by atoms with Crippen LogP contribution >= 0.6 is 11.6 Å². The van der Waals surface area contributed by atoms with Gasteiger partial charge in [-0.15, -0.1) is 5.10 Å². The van der Waals surface area contributed by atoms with Gasteiger partial charge in [0.15, 0.2) is 5.82 Å². The lowest BCUT2D eigenvalue weighted by Crippen LogP contribution is -2.07. The number of hydrogen-bond acceptors (Lipinski definition) is 2. The Hall–Kier alpha value is -2.72. The largest absolute Gasteiger partial charge is 0.486 e. The summed E-state index contributed by atoms with van der Waals surface area (Å²) >= 11 is 6.07. The molecule has 4 nitrogen and oxygen atoms in total. The molecule has 0 fully saturated rings. The predicted molar refractivity (Wildman–Crippen MR) is 112 cm³/mol. The van der Waals surface area contributed by atoms with E-state index in [4.69, 9.17) is 21.4 Å². The van der Waals surface area contributed by atoms with Crippen LogP contribution < -0.4 is 4.74 Å². The Balaban J connectivity index is 1.53. The van der Waals surface area contributed by atoms with E-state index < -0.39 is 0 Å². The van der Waals surface area contributed by atoms with Gasteiger partial charge in [-0.3, -0.25) is 0 Å². The predicted octanol–water partition coefficient (Wildman–Crippen LogP) is 5.68. The van der Waals surface area contributed by atoms with Crippen LogP contribution in [0.25, 0.3) is 16.8 Å². The molecule has 0 N–H and O–H groups in total. The minimum atomic E-state index is 0.473. The van der Waals surface area contributed by atoms with E-state index in [0.717, 1.165) is 36.0 Å². The van der Waals surface area contributed by atoms with Crippen LogP contribution in [0.5, 0.6) is 5.75 Å². The van der Waals surface area contributed by atoms with E-state index in [1.807, 2.05) is 28.8 Å². The van der Waals surface area contributed by atoms with E-state index in [2.05, 4.69) is 42.0 Å². The highest BCUT2D eigenvalue weighted by molar-refractivity contribution is 6.30. The maximum atomic E-state index is 6.07. The zero-order valence-electron chi connectivity index (χ0n) is 15.9. The normalized spacial score (nSPS) is 13.6. The Bertz CT molecular complexity index is 1140. The van der Waals surface area contributed by atoms with Crippen LogP contribution in [0.3, 0.4) is 0 Å². The van der Waals surface area contributed by atoms with Gasteiger partial charge in [0.05, 0.1) is 0 Å². The first-order valence-corrected chi connectivity index (χ1v) is 10.1. The molecular weight excluding hydrogens is 370 g/mol. The number of aryl methyl sites for hydroxylation is 3. The van der Waals surface area contributed by atoms with E-state index >= 15 is 0 Å². The van der Waals surface area contributed by atoms with Crippen molar-refractivity contribution < 1.29 is 4.74 Å². The summed E-state index contributed by atoms with van der Waals surface area (Å²) in [7, 11) is 0. The summed E-state index contributed by atoms with van der Waals surface area (Å²) in [4.78, 5) is 0. The zero-order chi connectivity index (χ0) is 19.1. The van der Waals surface area contributed by atoms with E-state index in [0.29, 0.717) is 6.61 Å². The second-order valence-corrected chi connectivity index (χ2v) is 7.86. The average Bonchev–Trinajstić information content (AvgIpc) is 3.10. The van der Waals surface area contributed by atoms with Crippen molar-refractivity contribution in [2.75, 3.05) is 0 Å². The topological polar surface area (TPSA) is 31.5 Å². The van der Waals surface area contributed by atoms with Crippen LogP contribution in [0, 0.1) is 6.92 Å². The van der Waals surface area contributed by atoms with Crippen molar-refractivity contribution in [3.63, 3.8) is 0 Å². The Morgan fingerprint density at radius 1 is 1.11 bits per heavy atom. The Kier molecular flexibility index (Phi) is 4.36. The number of hydrogen-bond donors (Lipinski definition) is 0. The van der Waals surface area contributed by atoms with Crippen molar-refractivity contribution in [2.45, 2.75) is 39.3 Å². The summed E-state index contributed by atoms with van der Waals surface area (Å²) in [5.41, 5.74) is 6.21. The van der Waals surface area contributed by atoms with Gasteiger partial charge in [0.2, 0.25) is 0 Å². The molecule has 0 atom stereocenters. The lowest BCUT2D eigenvalue weighted by Gasteiger charge is -2.09. The minimum Gasteiger partial charge on any atom is -0.486 e. The first kappa shape index (κ1) is 17.4. The molecule has 0 radical (unpaired) electrons. The van der Waals surface area contributed by atoms with Crippen molar-refractivity contribution in [1.82, 2.24) is 14.2 Å². The monoisotopic (exact) mass is 391 g/mol. The van der Waals surface area contributed by atoms with Crippen molar-refractivity contribution in [3.8, 4) is 16.9 Å². The van der Waals surface area contributed by atoms with Gasteiger partial charge in [-0.05, 0) is 61.6 Å². The Morgan fingerprint density at radius 2 is 1.96 bits per heavy atom. The molecule has 5 heteroatoms. The molecule has 0 bridgehead atoms. The summed E-state index contributed by atoms with van der Waals surface area (Å²) in [5.74, 6) is 1.86. The molecule has 2 aromatic heterocycles. The molecule has 0 saturated carbocycles. The van der Waals surface area contributed by atoms with E-state index in [1.165, 1.54) is 34.3 Å². The lowest BCUT2D eigenvalue weighted by atomic mass is 10.0. The summed E-state index contributed by atoms with van der Waals surface area (Å²) in [6, 6.07) is 16.2. The zero-order valence-corrected chi connectivity index (χ0v) is 16.6. The SMILES string of the molecule is Cc1cccc(OCc2nn3cc(-c4ccc(Cl)cc4)c4c3n2CCCC4)c1. The molecule has 28 heavy (non-hydrogen) atoms. The fourth-order valence-corrected chi connectivity index (χ4v) is 4.20. The fourth-order valence-electron chi connectivity index (χ4n) is 4.07. The highest BCUT2D eigenvalue weighted by Crippen LogP contribution is 2.33. The van der Waals surface area contributed by atoms with Crippen LogP contribution in [-0.4, -0.2) is 14.2 Å². The van der Waals surface area contributed by atoms with Crippen molar-refractivity contribution in [1.29, 1.82) is 0 Å². The third-order valence-electron chi connectivity index (χ3n) is 5.43. The van der Waals surface area contributed by atoms with Gasteiger partial charge < -0.3 is 9.30 Å². The Labute approximate surface area is 169 Å². The molecule has 5 rings (SSSR count). The number of nitrogens with zero attached hydrogens (tertiary/aromatic N) is 3. The van der Waals surface area contributed by atoms with Crippen LogP contribution in [0.15, 0.2) is 54.7 Å². The molecule has 0 saturated heterocycles. The summed E-state index contributed by atoms with van der Waals surface area (Å²) in [5, 5.41) is 5.62. The molecule has 2 aromatic carbocycles. The molecule has 0 aliphatic carbocycles. The van der Waals surface area contributed by atoms with Gasteiger partial charge in [0.1, 0.15) is 18.0 Å². The molecule has 0 amide bonds. The molecule has 142 valence electrons. The van der Waals surface area contributed by atoms with Gasteiger partial charge in [-0.1, -0.05) is 35.9 Å². The van der Waals surface area contributed by atoms with Crippen LogP contribution in [-0.2, 0) is 19.6 Å². The summed E-state index contributed by atoms with van der Waals surface area (Å²) in [6.07, 6.45) is 5.54. The van der Waals surface area contributed by atoms with Gasteiger partial charge in [-0.2, -0.15) is 0 Å². The van der Waals surface area contributed by atoms with Gasteiger partial charge in [0, 0.05) is 28.9 Å². The molecular formula is C23H22ClN3O. The summed E-state index contributed by atoms with van der Waals surface area (Å²) < 4.78 is 10.4. The Morgan fingerprint density at radius 3 is 2.79 bits per heavy atom. The first-order chi connectivity index (χ1) is 13.7. The summed E-state index contributed by atoms with van der Waals surface area (Å²) in [6.45, 7) is 3.53. The van der Waals surface area contributed by atoms with Gasteiger partial charge >= 0.3 is 0 Å². The number of aromatic nitrogens is 3. The van der Waals surface area contributed by atoms with Crippen molar-refractivity contribution >= 4 is 17.2 Å². The maximum Gasteiger partial charge on any atom is 0.169 e. The first-order valence-electron chi connectivity index (χ1n) is 9.74.